The van der Waals surface area contributed by atoms with Crippen LogP contribution in [0.4, 0.5) is 16.2 Å². The molecule has 0 bridgehead atoms. The zero-order chi connectivity index (χ0) is 23.7. The molecular formula is C27H35NO3Si. The van der Waals surface area contributed by atoms with Crippen LogP contribution in [0.3, 0.4) is 0 Å². The maximum atomic E-state index is 13.1. The summed E-state index contributed by atoms with van der Waals surface area (Å²) in [6.07, 6.45) is -0.406. The highest BCUT2D eigenvalue weighted by molar-refractivity contribution is 6.74. The van der Waals surface area contributed by atoms with Gasteiger partial charge in [-0.1, -0.05) is 51.1 Å². The molecule has 3 aromatic carbocycles. The Kier molecular flexibility index (Phi) is 6.43. The third-order valence-corrected chi connectivity index (χ3v) is 10.2. The fourth-order valence-electron chi connectivity index (χ4n) is 3.11. The zero-order valence-electron chi connectivity index (χ0n) is 20.5. The third kappa shape index (κ3) is 5.52. The fraction of sp³-hybridized carbons (Fsp3) is 0.370. The van der Waals surface area contributed by atoms with Crippen molar-refractivity contribution in [1.29, 1.82) is 0 Å². The number of nitrogens with zero attached hydrogens (tertiary/aromatic N) is 1. The molecule has 0 aliphatic heterocycles. The molecule has 4 nitrogen and oxygen atoms in total. The number of fused-ring (bicyclic) bond motifs is 1. The zero-order valence-corrected chi connectivity index (χ0v) is 21.5. The Hall–Kier alpha value is -2.79. The number of para-hydroxylation sites is 1. The van der Waals surface area contributed by atoms with Gasteiger partial charge in [0.05, 0.1) is 11.4 Å². The molecule has 1 amide bonds. The average molecular weight is 450 g/mol. The number of carbonyl (C=O) groups is 1. The first-order chi connectivity index (χ1) is 14.8. The molecule has 0 spiro atoms. The number of hydrogen-bond donors (Lipinski definition) is 0. The minimum atomic E-state index is -1.95. The Morgan fingerprint density at radius 2 is 1.41 bits per heavy atom. The molecule has 0 aliphatic carbocycles. The van der Waals surface area contributed by atoms with Gasteiger partial charge in [0.2, 0.25) is 8.32 Å². The van der Waals surface area contributed by atoms with Crippen LogP contribution < -0.4 is 9.33 Å². The minimum Gasteiger partial charge on any atom is -0.543 e. The Labute approximate surface area is 193 Å². The van der Waals surface area contributed by atoms with Crippen LogP contribution in [0, 0.1) is 0 Å². The normalized spacial score (nSPS) is 12.5. The molecule has 0 unspecified atom stereocenters. The van der Waals surface area contributed by atoms with E-state index in [-0.39, 0.29) is 5.04 Å². The van der Waals surface area contributed by atoms with Gasteiger partial charge in [-0.15, -0.1) is 0 Å². The van der Waals surface area contributed by atoms with E-state index in [0.29, 0.717) is 0 Å². The summed E-state index contributed by atoms with van der Waals surface area (Å²) in [7, 11) is -1.95. The van der Waals surface area contributed by atoms with E-state index in [1.165, 1.54) is 0 Å². The number of ether oxygens (including phenoxy) is 1. The van der Waals surface area contributed by atoms with Gasteiger partial charge in [-0.3, -0.25) is 0 Å². The van der Waals surface area contributed by atoms with Crippen molar-refractivity contribution in [3.8, 4) is 5.75 Å². The Morgan fingerprint density at radius 1 is 0.781 bits per heavy atom. The second-order valence-corrected chi connectivity index (χ2v) is 15.4. The number of hydrogen-bond acceptors (Lipinski definition) is 3. The van der Waals surface area contributed by atoms with E-state index in [0.717, 1.165) is 27.9 Å². The highest BCUT2D eigenvalue weighted by atomic mass is 28.4. The molecule has 3 rings (SSSR count). The van der Waals surface area contributed by atoms with Crippen molar-refractivity contribution in [2.45, 2.75) is 65.3 Å². The van der Waals surface area contributed by atoms with Crippen LogP contribution in [0.5, 0.6) is 5.75 Å². The second-order valence-electron chi connectivity index (χ2n) is 10.7. The molecule has 0 radical (unpaired) electrons. The molecule has 5 heteroatoms. The van der Waals surface area contributed by atoms with Gasteiger partial charge in [-0.25, -0.2) is 9.69 Å². The van der Waals surface area contributed by atoms with Gasteiger partial charge in [-0.05, 0) is 86.1 Å². The van der Waals surface area contributed by atoms with Crippen LogP contribution in [0.2, 0.25) is 18.1 Å². The van der Waals surface area contributed by atoms with Gasteiger partial charge in [-0.2, -0.15) is 0 Å². The lowest BCUT2D eigenvalue weighted by atomic mass is 10.1. The molecular weight excluding hydrogens is 414 g/mol. The summed E-state index contributed by atoms with van der Waals surface area (Å²) in [5, 5.41) is 2.22. The van der Waals surface area contributed by atoms with Gasteiger partial charge >= 0.3 is 6.09 Å². The van der Waals surface area contributed by atoms with E-state index >= 15 is 0 Å². The summed E-state index contributed by atoms with van der Waals surface area (Å²) in [6.45, 7) is 16.8. The molecule has 0 heterocycles. The van der Waals surface area contributed by atoms with Gasteiger partial charge in [0.15, 0.2) is 0 Å². The van der Waals surface area contributed by atoms with E-state index in [2.05, 4.69) is 46.0 Å². The first-order valence-corrected chi connectivity index (χ1v) is 14.0. The van der Waals surface area contributed by atoms with Crippen LogP contribution >= 0.6 is 0 Å². The standard InChI is InChI=1S/C27H35NO3Si/c1-26(2,3)30-25(29)28(22-12-10-9-11-13-22)23-16-14-20-15-17-24(19-21(20)18-23)31-32(7,8)27(4,5)6/h9-19H,1-8H3. The van der Waals surface area contributed by atoms with Crippen molar-refractivity contribution in [1.82, 2.24) is 0 Å². The molecule has 0 fully saturated rings. The predicted octanol–water partition coefficient (Wildman–Crippen LogP) is 8.30. The number of amides is 1. The van der Waals surface area contributed by atoms with Crippen molar-refractivity contribution in [3.05, 3.63) is 66.7 Å². The van der Waals surface area contributed by atoms with Gasteiger partial charge in [0, 0.05) is 0 Å². The molecule has 0 aromatic heterocycles. The molecule has 32 heavy (non-hydrogen) atoms. The Bertz CT molecular complexity index is 1100. The van der Waals surface area contributed by atoms with Gasteiger partial charge < -0.3 is 9.16 Å². The first kappa shape index (κ1) is 23.9. The quantitative estimate of drug-likeness (QED) is 0.376. The average Bonchev–Trinajstić information content (AvgIpc) is 2.66. The van der Waals surface area contributed by atoms with Gasteiger partial charge in [0.25, 0.3) is 0 Å². The van der Waals surface area contributed by atoms with Crippen LogP contribution in [0.15, 0.2) is 66.7 Å². The smallest absolute Gasteiger partial charge is 0.419 e. The largest absolute Gasteiger partial charge is 0.543 e. The van der Waals surface area contributed by atoms with Gasteiger partial charge in [0.1, 0.15) is 11.4 Å². The van der Waals surface area contributed by atoms with E-state index in [4.69, 9.17) is 9.16 Å². The first-order valence-electron chi connectivity index (χ1n) is 11.1. The highest BCUT2D eigenvalue weighted by Gasteiger charge is 2.39. The number of anilines is 2. The van der Waals surface area contributed by atoms with Crippen molar-refractivity contribution < 1.29 is 14.0 Å². The Morgan fingerprint density at radius 3 is 2.00 bits per heavy atom. The fourth-order valence-corrected chi connectivity index (χ4v) is 4.13. The predicted molar refractivity (Wildman–Crippen MR) is 137 cm³/mol. The lowest BCUT2D eigenvalue weighted by Gasteiger charge is -2.36. The van der Waals surface area contributed by atoms with Crippen LogP contribution in [0.25, 0.3) is 10.8 Å². The number of carbonyl (C=O) groups excluding carboxylic acids is 1. The molecule has 170 valence electrons. The third-order valence-electron chi connectivity index (χ3n) is 5.82. The van der Waals surface area contributed by atoms with E-state index in [9.17, 15) is 4.79 Å². The summed E-state index contributed by atoms with van der Waals surface area (Å²) in [5.74, 6) is 0.866. The summed E-state index contributed by atoms with van der Waals surface area (Å²) in [5.41, 5.74) is 0.919. The second kappa shape index (κ2) is 8.62. The summed E-state index contributed by atoms with van der Waals surface area (Å²) >= 11 is 0. The van der Waals surface area contributed by atoms with Crippen LogP contribution in [-0.2, 0) is 4.74 Å². The maximum absolute atomic E-state index is 13.1. The van der Waals surface area contributed by atoms with Crippen molar-refractivity contribution in [2.24, 2.45) is 0 Å². The van der Waals surface area contributed by atoms with Crippen molar-refractivity contribution in [2.75, 3.05) is 4.90 Å². The topological polar surface area (TPSA) is 38.8 Å². The minimum absolute atomic E-state index is 0.116. The molecule has 3 aromatic rings. The molecule has 0 saturated carbocycles. The SMILES string of the molecule is CC(C)(C)OC(=O)N(c1ccccc1)c1ccc2ccc(O[Si](C)(C)C(C)(C)C)cc2c1. The van der Waals surface area contributed by atoms with E-state index in [1.807, 2.05) is 75.4 Å². The monoisotopic (exact) mass is 449 g/mol. The summed E-state index contributed by atoms with van der Waals surface area (Å²) in [6, 6.07) is 21.7. The van der Waals surface area contributed by atoms with E-state index < -0.39 is 20.0 Å². The van der Waals surface area contributed by atoms with E-state index in [1.54, 1.807) is 4.90 Å². The lowest BCUT2D eigenvalue weighted by molar-refractivity contribution is 0.0599. The maximum Gasteiger partial charge on any atom is 0.419 e. The molecule has 0 N–H and O–H groups in total. The molecule has 0 aliphatic rings. The summed E-state index contributed by atoms with van der Waals surface area (Å²) < 4.78 is 12.2. The number of benzene rings is 3. The number of rotatable bonds is 4. The van der Waals surface area contributed by atoms with Crippen LogP contribution in [-0.4, -0.2) is 20.0 Å². The highest BCUT2D eigenvalue weighted by Crippen LogP contribution is 2.38. The van der Waals surface area contributed by atoms with Crippen LogP contribution in [0.1, 0.15) is 41.5 Å². The van der Waals surface area contributed by atoms with Crippen molar-refractivity contribution in [3.63, 3.8) is 0 Å². The Balaban J connectivity index is 2.04. The lowest BCUT2D eigenvalue weighted by Crippen LogP contribution is -2.43. The van der Waals surface area contributed by atoms with Crippen molar-refractivity contribution >= 4 is 36.6 Å². The summed E-state index contributed by atoms with van der Waals surface area (Å²) in [4.78, 5) is 14.8. The molecule has 0 atom stereocenters. The molecule has 0 saturated heterocycles.